The van der Waals surface area contributed by atoms with Crippen molar-refractivity contribution in [3.63, 3.8) is 0 Å². The van der Waals surface area contributed by atoms with Crippen LogP contribution in [0.25, 0.3) is 0 Å². The number of aryl methyl sites for hydroxylation is 2. The minimum absolute atomic E-state index is 0.0689. The van der Waals surface area contributed by atoms with Crippen LogP contribution < -0.4 is 10.1 Å². The first-order valence-electron chi connectivity index (χ1n) is 7.22. The minimum Gasteiger partial charge on any atom is -0.484 e. The normalized spacial score (nSPS) is 10.5. The summed E-state index contributed by atoms with van der Waals surface area (Å²) in [4.78, 5) is 13.1. The molecule has 0 fully saturated rings. The lowest BCUT2D eigenvalue weighted by Gasteiger charge is -2.10. The van der Waals surface area contributed by atoms with Gasteiger partial charge in [0.15, 0.2) is 6.61 Å². The van der Waals surface area contributed by atoms with E-state index in [1.54, 1.807) is 11.3 Å². The fourth-order valence-electron chi connectivity index (χ4n) is 1.99. The molecule has 0 radical (unpaired) electrons. The molecule has 22 heavy (non-hydrogen) atoms. The number of thiophene rings is 1. The summed E-state index contributed by atoms with van der Waals surface area (Å²) < 4.78 is 5.55. The first kappa shape index (κ1) is 16.9. The predicted octanol–water partition coefficient (Wildman–Crippen LogP) is 3.79. The van der Waals surface area contributed by atoms with Crippen LogP contribution in [0.2, 0.25) is 0 Å². The van der Waals surface area contributed by atoms with Gasteiger partial charge in [-0.05, 0) is 36.9 Å². The zero-order chi connectivity index (χ0) is 15.8. The van der Waals surface area contributed by atoms with Crippen molar-refractivity contribution in [1.82, 2.24) is 5.32 Å². The van der Waals surface area contributed by atoms with Crippen LogP contribution in [0.4, 0.5) is 0 Å². The molecule has 0 spiro atoms. The van der Waals surface area contributed by atoms with Gasteiger partial charge in [-0.3, -0.25) is 4.79 Å². The van der Waals surface area contributed by atoms with Gasteiger partial charge in [0.25, 0.3) is 5.91 Å². The third kappa shape index (κ3) is 5.73. The van der Waals surface area contributed by atoms with E-state index < -0.39 is 0 Å². The maximum atomic E-state index is 11.7. The molecule has 0 atom stereocenters. The van der Waals surface area contributed by atoms with E-state index in [0.29, 0.717) is 6.54 Å². The van der Waals surface area contributed by atoms with Gasteiger partial charge in [-0.1, -0.05) is 23.8 Å². The maximum Gasteiger partial charge on any atom is 0.257 e. The highest BCUT2D eigenvalue weighted by atomic mass is 32.2. The van der Waals surface area contributed by atoms with Crippen molar-refractivity contribution < 1.29 is 9.53 Å². The maximum absolute atomic E-state index is 11.7. The SMILES string of the molecule is Cc1ccc(OCC(=O)NCCSCc2cccs2)c(C)c1. The summed E-state index contributed by atoms with van der Waals surface area (Å²) in [5, 5.41) is 4.97. The molecule has 0 unspecified atom stereocenters. The lowest BCUT2D eigenvalue weighted by molar-refractivity contribution is -0.122. The van der Waals surface area contributed by atoms with Gasteiger partial charge in [0, 0.05) is 22.9 Å². The molecule has 2 rings (SSSR count). The zero-order valence-corrected chi connectivity index (χ0v) is 14.6. The van der Waals surface area contributed by atoms with Crippen molar-refractivity contribution in [2.24, 2.45) is 0 Å². The molecule has 0 aliphatic rings. The fourth-order valence-corrected chi connectivity index (χ4v) is 3.69. The molecule has 1 N–H and O–H groups in total. The number of thioether (sulfide) groups is 1. The Morgan fingerprint density at radius 2 is 2.18 bits per heavy atom. The second-order valence-corrected chi connectivity index (χ2v) is 7.18. The van der Waals surface area contributed by atoms with E-state index in [1.807, 2.05) is 37.7 Å². The Morgan fingerprint density at radius 3 is 2.91 bits per heavy atom. The molecule has 118 valence electrons. The number of carbonyl (C=O) groups excluding carboxylic acids is 1. The van der Waals surface area contributed by atoms with E-state index in [4.69, 9.17) is 4.74 Å². The third-order valence-electron chi connectivity index (χ3n) is 3.08. The summed E-state index contributed by atoms with van der Waals surface area (Å²) in [6.45, 7) is 4.77. The number of carbonyl (C=O) groups is 1. The molecule has 1 aromatic heterocycles. The van der Waals surface area contributed by atoms with Crippen molar-refractivity contribution in [2.45, 2.75) is 19.6 Å². The molecule has 0 aliphatic heterocycles. The van der Waals surface area contributed by atoms with Crippen molar-refractivity contribution in [3.8, 4) is 5.75 Å². The number of ether oxygens (including phenoxy) is 1. The Kier molecular flexibility index (Phi) is 6.80. The summed E-state index contributed by atoms with van der Waals surface area (Å²) in [7, 11) is 0. The molecule has 0 bridgehead atoms. The van der Waals surface area contributed by atoms with Crippen LogP contribution >= 0.6 is 23.1 Å². The summed E-state index contributed by atoms with van der Waals surface area (Å²) in [6.07, 6.45) is 0. The summed E-state index contributed by atoms with van der Waals surface area (Å²) in [5.74, 6) is 2.62. The minimum atomic E-state index is -0.0725. The Hall–Kier alpha value is -1.46. The average Bonchev–Trinajstić information content (AvgIpc) is 2.99. The van der Waals surface area contributed by atoms with Gasteiger partial charge in [0.05, 0.1) is 0 Å². The molecular formula is C17H21NO2S2. The first-order valence-corrected chi connectivity index (χ1v) is 9.25. The Labute approximate surface area is 140 Å². The Morgan fingerprint density at radius 1 is 1.32 bits per heavy atom. The molecule has 0 saturated carbocycles. The van der Waals surface area contributed by atoms with Crippen LogP contribution in [0.5, 0.6) is 5.75 Å². The molecule has 5 heteroatoms. The number of hydrogen-bond acceptors (Lipinski definition) is 4. The van der Waals surface area contributed by atoms with Gasteiger partial charge in [0.1, 0.15) is 5.75 Å². The van der Waals surface area contributed by atoms with E-state index >= 15 is 0 Å². The number of hydrogen-bond donors (Lipinski definition) is 1. The van der Waals surface area contributed by atoms with Crippen LogP contribution in [0, 0.1) is 13.8 Å². The van der Waals surface area contributed by atoms with Gasteiger partial charge in [0.2, 0.25) is 0 Å². The lowest BCUT2D eigenvalue weighted by atomic mass is 10.1. The lowest BCUT2D eigenvalue weighted by Crippen LogP contribution is -2.30. The van der Waals surface area contributed by atoms with Gasteiger partial charge < -0.3 is 10.1 Å². The molecule has 1 heterocycles. The van der Waals surface area contributed by atoms with Crippen molar-refractivity contribution >= 4 is 29.0 Å². The van der Waals surface area contributed by atoms with E-state index in [1.165, 1.54) is 10.4 Å². The molecule has 0 saturated heterocycles. The number of nitrogens with one attached hydrogen (secondary N) is 1. The number of benzene rings is 1. The summed E-state index contributed by atoms with van der Waals surface area (Å²) in [6, 6.07) is 10.1. The summed E-state index contributed by atoms with van der Waals surface area (Å²) >= 11 is 3.59. The molecule has 0 aliphatic carbocycles. The van der Waals surface area contributed by atoms with Gasteiger partial charge in [-0.15, -0.1) is 11.3 Å². The fraction of sp³-hybridized carbons (Fsp3) is 0.353. The Balaban J connectivity index is 1.59. The highest BCUT2D eigenvalue weighted by Gasteiger charge is 2.04. The van der Waals surface area contributed by atoms with Crippen LogP contribution in [-0.2, 0) is 10.5 Å². The first-order chi connectivity index (χ1) is 10.6. The molecule has 2 aromatic rings. The highest BCUT2D eigenvalue weighted by Crippen LogP contribution is 2.18. The van der Waals surface area contributed by atoms with Gasteiger partial charge in [-0.2, -0.15) is 11.8 Å². The monoisotopic (exact) mass is 335 g/mol. The van der Waals surface area contributed by atoms with E-state index in [-0.39, 0.29) is 12.5 Å². The van der Waals surface area contributed by atoms with Crippen LogP contribution in [0.15, 0.2) is 35.7 Å². The number of amides is 1. The topological polar surface area (TPSA) is 38.3 Å². The summed E-state index contributed by atoms with van der Waals surface area (Å²) in [5.41, 5.74) is 2.25. The molecule has 3 nitrogen and oxygen atoms in total. The molecular weight excluding hydrogens is 314 g/mol. The van der Waals surface area contributed by atoms with Crippen molar-refractivity contribution in [3.05, 3.63) is 51.7 Å². The van der Waals surface area contributed by atoms with Crippen LogP contribution in [0.1, 0.15) is 16.0 Å². The standard InChI is InChI=1S/C17H21NO2S2/c1-13-5-6-16(14(2)10-13)20-11-17(19)18-7-9-21-12-15-4-3-8-22-15/h3-6,8,10H,7,9,11-12H2,1-2H3,(H,18,19). The number of rotatable bonds is 8. The molecule has 1 amide bonds. The van der Waals surface area contributed by atoms with Crippen LogP contribution in [0.3, 0.4) is 0 Å². The zero-order valence-electron chi connectivity index (χ0n) is 12.9. The Bertz CT molecular complexity index is 597. The second kappa shape index (κ2) is 8.86. The second-order valence-electron chi connectivity index (χ2n) is 5.04. The van der Waals surface area contributed by atoms with Crippen molar-refractivity contribution in [2.75, 3.05) is 18.9 Å². The largest absolute Gasteiger partial charge is 0.484 e. The third-order valence-corrected chi connectivity index (χ3v) is 5.15. The van der Waals surface area contributed by atoms with E-state index in [0.717, 1.165) is 22.8 Å². The van der Waals surface area contributed by atoms with E-state index in [9.17, 15) is 4.79 Å². The average molecular weight is 335 g/mol. The quantitative estimate of drug-likeness (QED) is 0.746. The molecule has 1 aromatic carbocycles. The smallest absolute Gasteiger partial charge is 0.257 e. The van der Waals surface area contributed by atoms with E-state index in [2.05, 4.69) is 28.9 Å². The predicted molar refractivity (Wildman–Crippen MR) is 94.9 cm³/mol. The van der Waals surface area contributed by atoms with Crippen molar-refractivity contribution in [1.29, 1.82) is 0 Å². The van der Waals surface area contributed by atoms with Gasteiger partial charge in [-0.25, -0.2) is 0 Å². The highest BCUT2D eigenvalue weighted by molar-refractivity contribution is 7.98. The van der Waals surface area contributed by atoms with Gasteiger partial charge >= 0.3 is 0 Å². The van der Waals surface area contributed by atoms with Crippen LogP contribution in [-0.4, -0.2) is 24.8 Å².